The first-order valence-electron chi connectivity index (χ1n) is 6.50. The van der Waals surface area contributed by atoms with E-state index in [1.54, 1.807) is 6.21 Å². The second kappa shape index (κ2) is 6.99. The predicted octanol–water partition coefficient (Wildman–Crippen LogP) is 3.32. The molecule has 6 nitrogen and oxygen atoms in total. The lowest BCUT2D eigenvalue weighted by Crippen LogP contribution is -2.19. The van der Waals surface area contributed by atoms with Crippen molar-refractivity contribution in [2.24, 2.45) is 11.0 Å². The van der Waals surface area contributed by atoms with E-state index in [9.17, 15) is 14.9 Å². The highest BCUT2D eigenvalue weighted by atomic mass is 35.5. The highest BCUT2D eigenvalue weighted by Gasteiger charge is 2.14. The third kappa shape index (κ3) is 4.13. The molecule has 110 valence electrons. The van der Waals surface area contributed by atoms with Crippen molar-refractivity contribution in [2.75, 3.05) is 0 Å². The first-order valence-corrected chi connectivity index (χ1v) is 6.88. The van der Waals surface area contributed by atoms with Crippen molar-refractivity contribution >= 4 is 29.4 Å². The highest BCUT2D eigenvalue weighted by Crippen LogP contribution is 2.22. The normalized spacial score (nSPS) is 17.9. The van der Waals surface area contributed by atoms with E-state index in [2.05, 4.69) is 22.7 Å². The van der Waals surface area contributed by atoms with Crippen LogP contribution in [0.15, 0.2) is 35.5 Å². The Morgan fingerprint density at radius 1 is 1.48 bits per heavy atom. The van der Waals surface area contributed by atoms with Crippen LogP contribution >= 0.6 is 11.6 Å². The number of nitrogens with zero attached hydrogens (tertiary/aromatic N) is 2. The molecular weight excluding hydrogens is 294 g/mol. The number of nitro benzene ring substituents is 1. The lowest BCUT2D eigenvalue weighted by atomic mass is 9.96. The number of hydrazone groups is 1. The topological polar surface area (TPSA) is 84.6 Å². The van der Waals surface area contributed by atoms with Crippen LogP contribution in [0.3, 0.4) is 0 Å². The molecule has 1 atom stereocenters. The van der Waals surface area contributed by atoms with Gasteiger partial charge in [0.25, 0.3) is 11.6 Å². The first kappa shape index (κ1) is 15.2. The van der Waals surface area contributed by atoms with Crippen LogP contribution in [0.5, 0.6) is 0 Å². The summed E-state index contributed by atoms with van der Waals surface area (Å²) in [6.07, 6.45) is 8.86. The largest absolute Gasteiger partial charge is 0.272 e. The third-order valence-corrected chi connectivity index (χ3v) is 3.48. The van der Waals surface area contributed by atoms with Gasteiger partial charge in [0.15, 0.2) is 0 Å². The lowest BCUT2D eigenvalue weighted by molar-refractivity contribution is -0.384. The number of benzene rings is 1. The number of rotatable bonds is 4. The van der Waals surface area contributed by atoms with Crippen LogP contribution in [-0.4, -0.2) is 17.0 Å². The van der Waals surface area contributed by atoms with E-state index < -0.39 is 10.8 Å². The summed E-state index contributed by atoms with van der Waals surface area (Å²) in [7, 11) is 0. The van der Waals surface area contributed by atoms with Crippen molar-refractivity contribution in [1.82, 2.24) is 5.43 Å². The standard InChI is InChI=1S/C14H14ClN3O3/c15-13-8-11(18(20)21)6-7-12(13)14(19)17-16-9-10-4-2-1-3-5-10/h1-2,6-10H,3-5H2,(H,17,19)/b16-9-/t10-/m1/s1. The fraction of sp³-hybridized carbons (Fsp3) is 0.286. The maximum absolute atomic E-state index is 11.9. The summed E-state index contributed by atoms with van der Waals surface area (Å²) >= 11 is 5.87. The Morgan fingerprint density at radius 2 is 2.29 bits per heavy atom. The van der Waals surface area contributed by atoms with E-state index in [1.807, 2.05) is 0 Å². The van der Waals surface area contributed by atoms with E-state index in [0.29, 0.717) is 5.92 Å². The van der Waals surface area contributed by atoms with Gasteiger partial charge in [0, 0.05) is 18.3 Å². The molecule has 0 aliphatic heterocycles. The van der Waals surface area contributed by atoms with E-state index in [0.717, 1.165) is 25.3 Å². The molecule has 0 saturated heterocycles. The van der Waals surface area contributed by atoms with Crippen LogP contribution < -0.4 is 5.43 Å². The maximum Gasteiger partial charge on any atom is 0.272 e. The summed E-state index contributed by atoms with van der Waals surface area (Å²) in [5.74, 6) is -0.167. The molecule has 7 heteroatoms. The van der Waals surface area contributed by atoms with Crippen molar-refractivity contribution in [3.05, 3.63) is 51.1 Å². The Kier molecular flexibility index (Phi) is 5.05. The minimum atomic E-state index is -0.567. The van der Waals surface area contributed by atoms with E-state index in [1.165, 1.54) is 12.1 Å². The Morgan fingerprint density at radius 3 is 2.90 bits per heavy atom. The molecule has 1 aromatic rings. The van der Waals surface area contributed by atoms with Gasteiger partial charge in [-0.25, -0.2) is 5.43 Å². The molecule has 21 heavy (non-hydrogen) atoms. The van der Waals surface area contributed by atoms with Crippen molar-refractivity contribution in [2.45, 2.75) is 19.3 Å². The zero-order valence-corrected chi connectivity index (χ0v) is 11.9. The number of carbonyl (C=O) groups is 1. The Hall–Kier alpha value is -2.21. The molecule has 0 heterocycles. The monoisotopic (exact) mass is 307 g/mol. The molecule has 0 spiro atoms. The number of halogens is 1. The lowest BCUT2D eigenvalue weighted by Gasteiger charge is -2.11. The smallest absolute Gasteiger partial charge is 0.267 e. The molecule has 1 amide bonds. The number of amides is 1. The van der Waals surface area contributed by atoms with Gasteiger partial charge in [-0.2, -0.15) is 5.10 Å². The van der Waals surface area contributed by atoms with Crippen LogP contribution in [0.25, 0.3) is 0 Å². The molecule has 0 saturated carbocycles. The third-order valence-electron chi connectivity index (χ3n) is 3.17. The number of non-ortho nitro benzene ring substituents is 1. The molecule has 2 rings (SSSR count). The van der Waals surface area contributed by atoms with Gasteiger partial charge in [-0.05, 0) is 31.2 Å². The van der Waals surface area contributed by atoms with Crippen molar-refractivity contribution < 1.29 is 9.72 Å². The number of hydrogen-bond acceptors (Lipinski definition) is 4. The second-order valence-electron chi connectivity index (χ2n) is 4.68. The van der Waals surface area contributed by atoms with Crippen LogP contribution in [0, 0.1) is 16.0 Å². The molecule has 0 aromatic heterocycles. The number of allylic oxidation sites excluding steroid dienone is 2. The molecule has 0 radical (unpaired) electrons. The second-order valence-corrected chi connectivity index (χ2v) is 5.09. The quantitative estimate of drug-likeness (QED) is 0.401. The Balaban J connectivity index is 1.98. The fourth-order valence-electron chi connectivity index (χ4n) is 2.02. The molecule has 1 aliphatic carbocycles. The summed E-state index contributed by atoms with van der Waals surface area (Å²) in [5.41, 5.74) is 2.39. The molecule has 0 fully saturated rings. The number of carbonyl (C=O) groups excluding carboxylic acids is 1. The number of nitro groups is 1. The maximum atomic E-state index is 11.9. The van der Waals surface area contributed by atoms with Gasteiger partial charge in [0.1, 0.15) is 0 Å². The van der Waals surface area contributed by atoms with Gasteiger partial charge in [0.2, 0.25) is 0 Å². The molecule has 1 aliphatic rings. The van der Waals surface area contributed by atoms with E-state index >= 15 is 0 Å². The summed E-state index contributed by atoms with van der Waals surface area (Å²) in [4.78, 5) is 21.9. The van der Waals surface area contributed by atoms with Crippen LogP contribution in [0.1, 0.15) is 29.6 Å². The molecule has 1 aromatic carbocycles. The molecule has 0 unspecified atom stereocenters. The minimum absolute atomic E-state index is 0.0255. The van der Waals surface area contributed by atoms with Gasteiger partial charge in [-0.1, -0.05) is 23.8 Å². The number of hydrogen-bond donors (Lipinski definition) is 1. The van der Waals surface area contributed by atoms with Crippen LogP contribution in [-0.2, 0) is 0 Å². The summed E-state index contributed by atoms with van der Waals surface area (Å²) in [6.45, 7) is 0. The Bertz CT molecular complexity index is 613. The van der Waals surface area contributed by atoms with Gasteiger partial charge in [-0.3, -0.25) is 14.9 Å². The van der Waals surface area contributed by atoms with Gasteiger partial charge in [-0.15, -0.1) is 0 Å². The average Bonchev–Trinajstić information content (AvgIpc) is 2.48. The van der Waals surface area contributed by atoms with Crippen molar-refractivity contribution in [1.29, 1.82) is 0 Å². The molecule has 1 N–H and O–H groups in total. The van der Waals surface area contributed by atoms with Gasteiger partial charge >= 0.3 is 0 Å². The summed E-state index contributed by atoms with van der Waals surface area (Å²) in [5, 5.41) is 14.5. The van der Waals surface area contributed by atoms with Crippen molar-refractivity contribution in [3.63, 3.8) is 0 Å². The molecular formula is C14H14ClN3O3. The molecule has 0 bridgehead atoms. The highest BCUT2D eigenvalue weighted by molar-refractivity contribution is 6.34. The fourth-order valence-corrected chi connectivity index (χ4v) is 2.28. The van der Waals surface area contributed by atoms with Gasteiger partial charge in [0.05, 0.1) is 15.5 Å². The van der Waals surface area contributed by atoms with Crippen molar-refractivity contribution in [3.8, 4) is 0 Å². The predicted molar refractivity (Wildman–Crippen MR) is 80.5 cm³/mol. The zero-order chi connectivity index (χ0) is 15.2. The zero-order valence-electron chi connectivity index (χ0n) is 11.2. The average molecular weight is 308 g/mol. The summed E-state index contributed by atoms with van der Waals surface area (Å²) < 4.78 is 0. The van der Waals surface area contributed by atoms with Crippen LogP contribution in [0.4, 0.5) is 5.69 Å². The minimum Gasteiger partial charge on any atom is -0.267 e. The summed E-state index contributed by atoms with van der Waals surface area (Å²) in [6, 6.07) is 3.69. The Labute approximate surface area is 126 Å². The first-order chi connectivity index (χ1) is 10.1. The van der Waals surface area contributed by atoms with E-state index in [-0.39, 0.29) is 16.3 Å². The number of nitrogens with one attached hydrogen (secondary N) is 1. The SMILES string of the molecule is O=C(N/N=C\[C@@H]1CC=CCC1)c1ccc([N+](=O)[O-])cc1Cl. The van der Waals surface area contributed by atoms with Crippen LogP contribution in [0.2, 0.25) is 5.02 Å². The van der Waals surface area contributed by atoms with E-state index in [4.69, 9.17) is 11.6 Å². The van der Waals surface area contributed by atoms with Gasteiger partial charge < -0.3 is 0 Å².